The quantitative estimate of drug-likeness (QED) is 0.654. The van der Waals surface area contributed by atoms with Gasteiger partial charge in [-0.15, -0.1) is 11.3 Å². The predicted octanol–water partition coefficient (Wildman–Crippen LogP) is 3.53. The number of carbonyl (C=O) groups excluding carboxylic acids is 1. The topological polar surface area (TPSA) is 76.2 Å². The molecule has 7 nitrogen and oxygen atoms in total. The maximum Gasteiger partial charge on any atom is 0.252 e. The van der Waals surface area contributed by atoms with E-state index in [4.69, 9.17) is 9.47 Å². The van der Waals surface area contributed by atoms with Crippen LogP contribution in [0.25, 0.3) is 0 Å². The van der Waals surface area contributed by atoms with Crippen molar-refractivity contribution in [3.05, 3.63) is 41.3 Å². The normalized spacial score (nSPS) is 22.5. The van der Waals surface area contributed by atoms with Gasteiger partial charge in [-0.2, -0.15) is 4.31 Å². The lowest BCUT2D eigenvalue weighted by molar-refractivity contribution is -0.137. The van der Waals surface area contributed by atoms with Crippen LogP contribution in [-0.2, 0) is 14.8 Å². The molecule has 1 aromatic carbocycles. The van der Waals surface area contributed by atoms with E-state index < -0.39 is 10.0 Å². The third-order valence-electron chi connectivity index (χ3n) is 6.16. The first-order valence-corrected chi connectivity index (χ1v) is 12.8. The van der Waals surface area contributed by atoms with Crippen molar-refractivity contribution in [2.45, 2.75) is 35.9 Å². The number of hydrogen-bond acceptors (Lipinski definition) is 6. The standard InChI is InChI=1S/C22H28N2O5S2/c1-28-17-9-10-18(20(14-17)29-2)19-7-4-12-24(19)22(25)16-6-3-11-23(15-16)31(26,27)21-8-5-13-30-21/h5,8-10,13-14,16,19H,3-4,6-7,11-12,15H2,1-2H3/t16-,19+/m0/s1. The summed E-state index contributed by atoms with van der Waals surface area (Å²) in [6.45, 7) is 1.37. The Labute approximate surface area is 187 Å². The lowest BCUT2D eigenvalue weighted by Gasteiger charge is -2.35. The minimum absolute atomic E-state index is 0.0338. The van der Waals surface area contributed by atoms with Crippen LogP contribution in [0.2, 0.25) is 0 Å². The number of benzene rings is 1. The minimum atomic E-state index is -3.55. The molecule has 2 fully saturated rings. The van der Waals surface area contributed by atoms with Gasteiger partial charge in [0.2, 0.25) is 5.91 Å². The second kappa shape index (κ2) is 9.18. The van der Waals surface area contributed by atoms with Crippen molar-refractivity contribution in [3.8, 4) is 11.5 Å². The van der Waals surface area contributed by atoms with Crippen molar-refractivity contribution in [2.24, 2.45) is 5.92 Å². The first-order chi connectivity index (χ1) is 15.0. The molecule has 2 aromatic rings. The van der Waals surface area contributed by atoms with E-state index in [1.807, 2.05) is 23.1 Å². The van der Waals surface area contributed by atoms with Crippen molar-refractivity contribution in [1.82, 2.24) is 9.21 Å². The number of likely N-dealkylation sites (tertiary alicyclic amines) is 1. The van der Waals surface area contributed by atoms with E-state index in [1.54, 1.807) is 31.7 Å². The van der Waals surface area contributed by atoms with E-state index in [0.717, 1.165) is 18.4 Å². The Hall–Kier alpha value is -2.10. The molecule has 1 amide bonds. The molecule has 4 rings (SSSR count). The zero-order valence-electron chi connectivity index (χ0n) is 17.8. The fourth-order valence-corrected chi connectivity index (χ4v) is 7.25. The molecule has 0 unspecified atom stereocenters. The van der Waals surface area contributed by atoms with Crippen molar-refractivity contribution in [1.29, 1.82) is 0 Å². The third kappa shape index (κ3) is 4.31. The minimum Gasteiger partial charge on any atom is -0.497 e. The molecule has 0 aliphatic carbocycles. The number of nitrogens with zero attached hydrogens (tertiary/aromatic N) is 2. The molecule has 2 saturated heterocycles. The van der Waals surface area contributed by atoms with Gasteiger partial charge in [-0.3, -0.25) is 4.79 Å². The summed E-state index contributed by atoms with van der Waals surface area (Å²) in [6, 6.07) is 8.97. The van der Waals surface area contributed by atoms with Crippen LogP contribution < -0.4 is 9.47 Å². The molecule has 9 heteroatoms. The van der Waals surface area contributed by atoms with Gasteiger partial charge in [0, 0.05) is 31.3 Å². The van der Waals surface area contributed by atoms with E-state index in [9.17, 15) is 13.2 Å². The summed E-state index contributed by atoms with van der Waals surface area (Å²) in [5.41, 5.74) is 0.966. The molecule has 31 heavy (non-hydrogen) atoms. The summed E-state index contributed by atoms with van der Waals surface area (Å²) >= 11 is 1.21. The van der Waals surface area contributed by atoms with Crippen LogP contribution in [0.3, 0.4) is 0 Å². The maximum atomic E-state index is 13.5. The Morgan fingerprint density at radius 1 is 1.10 bits per heavy atom. The largest absolute Gasteiger partial charge is 0.497 e. The van der Waals surface area contributed by atoms with Crippen LogP contribution in [0.15, 0.2) is 39.9 Å². The second-order valence-electron chi connectivity index (χ2n) is 7.93. The monoisotopic (exact) mass is 464 g/mol. The lowest BCUT2D eigenvalue weighted by atomic mass is 9.96. The number of sulfonamides is 1. The first kappa shape index (κ1) is 22.1. The summed E-state index contributed by atoms with van der Waals surface area (Å²) in [5, 5.41) is 1.76. The lowest BCUT2D eigenvalue weighted by Crippen LogP contribution is -2.46. The number of ether oxygens (including phenoxy) is 2. The van der Waals surface area contributed by atoms with Gasteiger partial charge in [0.15, 0.2) is 0 Å². The molecule has 1 aromatic heterocycles. The van der Waals surface area contributed by atoms with Crippen molar-refractivity contribution in [2.75, 3.05) is 33.9 Å². The van der Waals surface area contributed by atoms with Crippen molar-refractivity contribution >= 4 is 27.3 Å². The van der Waals surface area contributed by atoms with Crippen LogP contribution in [0, 0.1) is 5.92 Å². The van der Waals surface area contributed by atoms with Gasteiger partial charge in [0.05, 0.1) is 26.2 Å². The van der Waals surface area contributed by atoms with E-state index in [2.05, 4.69) is 0 Å². The number of methoxy groups -OCH3 is 2. The van der Waals surface area contributed by atoms with Crippen molar-refractivity contribution in [3.63, 3.8) is 0 Å². The fraction of sp³-hybridized carbons (Fsp3) is 0.500. The van der Waals surface area contributed by atoms with E-state index in [1.165, 1.54) is 15.6 Å². The molecule has 0 radical (unpaired) electrons. The molecule has 0 N–H and O–H groups in total. The van der Waals surface area contributed by atoms with E-state index >= 15 is 0 Å². The van der Waals surface area contributed by atoms with Crippen LogP contribution >= 0.6 is 11.3 Å². The highest BCUT2D eigenvalue weighted by molar-refractivity contribution is 7.91. The Bertz CT molecular complexity index is 1020. The number of thiophene rings is 1. The molecule has 2 aliphatic rings. The van der Waals surface area contributed by atoms with Gasteiger partial charge in [-0.1, -0.05) is 6.07 Å². The molecule has 168 valence electrons. The summed E-state index contributed by atoms with van der Waals surface area (Å²) in [4.78, 5) is 15.4. The van der Waals surface area contributed by atoms with Crippen LogP contribution in [0.4, 0.5) is 0 Å². The van der Waals surface area contributed by atoms with E-state index in [-0.39, 0.29) is 24.4 Å². The van der Waals surface area contributed by atoms with Crippen LogP contribution in [0.5, 0.6) is 11.5 Å². The molecule has 3 heterocycles. The number of rotatable bonds is 6. The number of carbonyl (C=O) groups is 1. The summed E-state index contributed by atoms with van der Waals surface area (Å²) in [5.74, 6) is 1.12. The zero-order valence-corrected chi connectivity index (χ0v) is 19.5. The highest BCUT2D eigenvalue weighted by Crippen LogP contribution is 2.40. The molecule has 2 aliphatic heterocycles. The summed E-state index contributed by atoms with van der Waals surface area (Å²) in [7, 11) is -0.317. The zero-order chi connectivity index (χ0) is 22.0. The van der Waals surface area contributed by atoms with Crippen LogP contribution in [0.1, 0.15) is 37.3 Å². The summed E-state index contributed by atoms with van der Waals surface area (Å²) < 4.78 is 38.6. The van der Waals surface area contributed by atoms with Gasteiger partial charge >= 0.3 is 0 Å². The average molecular weight is 465 g/mol. The van der Waals surface area contributed by atoms with Crippen LogP contribution in [-0.4, -0.2) is 57.4 Å². The Morgan fingerprint density at radius 2 is 1.90 bits per heavy atom. The molecular weight excluding hydrogens is 436 g/mol. The van der Waals surface area contributed by atoms with Gasteiger partial charge < -0.3 is 14.4 Å². The first-order valence-electron chi connectivity index (χ1n) is 10.5. The number of hydrogen-bond donors (Lipinski definition) is 0. The maximum absolute atomic E-state index is 13.5. The Kier molecular flexibility index (Phi) is 6.55. The predicted molar refractivity (Wildman–Crippen MR) is 119 cm³/mol. The van der Waals surface area contributed by atoms with Crippen molar-refractivity contribution < 1.29 is 22.7 Å². The van der Waals surface area contributed by atoms with Gasteiger partial charge in [-0.25, -0.2) is 8.42 Å². The third-order valence-corrected chi connectivity index (χ3v) is 9.40. The smallest absolute Gasteiger partial charge is 0.252 e. The molecular formula is C22H28N2O5S2. The number of piperidine rings is 1. The highest BCUT2D eigenvalue weighted by Gasteiger charge is 2.39. The number of amides is 1. The Morgan fingerprint density at radius 3 is 2.61 bits per heavy atom. The highest BCUT2D eigenvalue weighted by atomic mass is 32.2. The molecule has 0 bridgehead atoms. The average Bonchev–Trinajstić information content (AvgIpc) is 3.51. The molecule has 0 saturated carbocycles. The summed E-state index contributed by atoms with van der Waals surface area (Å²) in [6.07, 6.45) is 3.16. The van der Waals surface area contributed by atoms with Gasteiger partial charge in [0.1, 0.15) is 15.7 Å². The fourth-order valence-electron chi connectivity index (χ4n) is 4.58. The molecule has 0 spiro atoms. The van der Waals surface area contributed by atoms with Gasteiger partial charge in [0.25, 0.3) is 10.0 Å². The van der Waals surface area contributed by atoms with E-state index in [0.29, 0.717) is 41.6 Å². The Balaban J connectivity index is 1.53. The second-order valence-corrected chi connectivity index (χ2v) is 11.0. The van der Waals surface area contributed by atoms with Gasteiger partial charge in [-0.05, 0) is 49.3 Å². The SMILES string of the molecule is COc1ccc([C@H]2CCCN2C(=O)[C@H]2CCCN(S(=O)(=O)c3cccs3)C2)c(OC)c1. The molecule has 2 atom stereocenters.